The van der Waals surface area contributed by atoms with Crippen LogP contribution in [0.3, 0.4) is 0 Å². The zero-order valence-electron chi connectivity index (χ0n) is 16.6. The molecule has 2 amide bonds. The van der Waals surface area contributed by atoms with E-state index >= 15 is 0 Å². The Kier molecular flexibility index (Phi) is 5.88. The Labute approximate surface area is 166 Å². The first kappa shape index (κ1) is 20.5. The highest BCUT2D eigenvalue weighted by molar-refractivity contribution is 7.91. The number of carbonyl (C=O) groups is 2. The molecule has 0 N–H and O–H groups in total. The molecule has 1 saturated heterocycles. The minimum absolute atomic E-state index is 0.0331. The third-order valence-corrected chi connectivity index (χ3v) is 7.37. The van der Waals surface area contributed by atoms with Crippen molar-refractivity contribution in [2.24, 2.45) is 5.10 Å². The first-order chi connectivity index (χ1) is 13.2. The number of sulfone groups is 1. The van der Waals surface area contributed by atoms with Gasteiger partial charge >= 0.3 is 0 Å². The number of amides is 2. The molecule has 0 aliphatic carbocycles. The Morgan fingerprint density at radius 3 is 2.68 bits per heavy atom. The van der Waals surface area contributed by atoms with Gasteiger partial charge < -0.3 is 4.90 Å². The Bertz CT molecular complexity index is 910. The maximum atomic E-state index is 12.9. The number of carbonyl (C=O) groups excluding carboxylic acids is 2. The smallest absolute Gasteiger partial charge is 0.270 e. The van der Waals surface area contributed by atoms with E-state index in [0.717, 1.165) is 6.42 Å². The van der Waals surface area contributed by atoms with Gasteiger partial charge in [-0.25, -0.2) is 13.4 Å². The lowest BCUT2D eigenvalue weighted by Gasteiger charge is -2.31. The number of rotatable bonds is 5. The minimum atomic E-state index is -3.13. The molecule has 0 saturated carbocycles. The maximum Gasteiger partial charge on any atom is 0.270 e. The van der Waals surface area contributed by atoms with E-state index in [0.29, 0.717) is 12.1 Å². The molecule has 3 rings (SSSR count). The summed E-state index contributed by atoms with van der Waals surface area (Å²) in [7, 11) is -1.39. The molecular formula is C20H27N3O4S. The Hall–Kier alpha value is -2.22. The van der Waals surface area contributed by atoms with E-state index in [1.54, 1.807) is 11.9 Å². The van der Waals surface area contributed by atoms with Gasteiger partial charge in [-0.2, -0.15) is 5.10 Å². The lowest BCUT2D eigenvalue weighted by atomic mass is 10.0. The van der Waals surface area contributed by atoms with Crippen molar-refractivity contribution in [2.45, 2.75) is 51.6 Å². The van der Waals surface area contributed by atoms with Crippen LogP contribution in [0.4, 0.5) is 0 Å². The van der Waals surface area contributed by atoms with Gasteiger partial charge in [-0.15, -0.1) is 0 Å². The Morgan fingerprint density at radius 2 is 2.04 bits per heavy atom. The highest BCUT2D eigenvalue weighted by Crippen LogP contribution is 2.23. The highest BCUT2D eigenvalue weighted by atomic mass is 32.2. The monoisotopic (exact) mass is 405 g/mol. The molecule has 1 fully saturated rings. The quantitative estimate of drug-likeness (QED) is 0.744. The molecule has 2 aliphatic rings. The summed E-state index contributed by atoms with van der Waals surface area (Å²) in [5.41, 5.74) is 2.70. The summed E-state index contributed by atoms with van der Waals surface area (Å²) in [6.07, 6.45) is 1.57. The van der Waals surface area contributed by atoms with Gasteiger partial charge in [0.25, 0.3) is 5.91 Å². The Morgan fingerprint density at radius 1 is 1.32 bits per heavy atom. The number of hydrogen-bond acceptors (Lipinski definition) is 5. The van der Waals surface area contributed by atoms with E-state index in [1.165, 1.54) is 16.1 Å². The predicted octanol–water partition coefficient (Wildman–Crippen LogP) is 1.55. The number of aryl methyl sites for hydroxylation is 1. The molecule has 0 aromatic heterocycles. The molecule has 2 aliphatic heterocycles. The fourth-order valence-corrected chi connectivity index (χ4v) is 5.37. The average molecular weight is 406 g/mol. The van der Waals surface area contributed by atoms with Gasteiger partial charge in [0.05, 0.1) is 17.5 Å². The van der Waals surface area contributed by atoms with Crippen LogP contribution < -0.4 is 0 Å². The first-order valence-electron chi connectivity index (χ1n) is 9.59. The lowest BCUT2D eigenvalue weighted by molar-refractivity contribution is -0.134. The molecule has 0 unspecified atom stereocenters. The van der Waals surface area contributed by atoms with Gasteiger partial charge in [-0.1, -0.05) is 24.3 Å². The number of benzene rings is 1. The molecule has 7 nitrogen and oxygen atoms in total. The molecule has 0 bridgehead atoms. The van der Waals surface area contributed by atoms with E-state index in [2.05, 4.69) is 11.2 Å². The highest BCUT2D eigenvalue weighted by Gasteiger charge is 2.37. The maximum absolute atomic E-state index is 12.9. The van der Waals surface area contributed by atoms with E-state index in [-0.39, 0.29) is 42.2 Å². The van der Waals surface area contributed by atoms with E-state index < -0.39 is 15.9 Å². The van der Waals surface area contributed by atoms with Crippen LogP contribution in [0.2, 0.25) is 0 Å². The number of hydrazone groups is 1. The molecule has 1 aromatic carbocycles. The third-order valence-electron chi connectivity index (χ3n) is 5.62. The topological polar surface area (TPSA) is 87.1 Å². The van der Waals surface area contributed by atoms with Crippen molar-refractivity contribution in [3.8, 4) is 0 Å². The summed E-state index contributed by atoms with van der Waals surface area (Å²) in [6.45, 7) is 4.04. The largest absolute Gasteiger partial charge is 0.338 e. The molecule has 1 aromatic rings. The number of hydrogen-bond donors (Lipinski definition) is 0. The second-order valence-corrected chi connectivity index (χ2v) is 9.97. The summed E-state index contributed by atoms with van der Waals surface area (Å²) < 4.78 is 23.5. The van der Waals surface area contributed by atoms with Gasteiger partial charge in [-0.05, 0) is 37.8 Å². The van der Waals surface area contributed by atoms with Gasteiger partial charge in [0.1, 0.15) is 5.71 Å². The van der Waals surface area contributed by atoms with Crippen LogP contribution in [0.1, 0.15) is 37.3 Å². The summed E-state index contributed by atoms with van der Waals surface area (Å²) in [4.78, 5) is 26.8. The van der Waals surface area contributed by atoms with Crippen LogP contribution in [0.25, 0.3) is 0 Å². The average Bonchev–Trinajstić information content (AvgIpc) is 3.02. The van der Waals surface area contributed by atoms with Crippen molar-refractivity contribution in [1.29, 1.82) is 0 Å². The third kappa shape index (κ3) is 4.43. The molecule has 2 atom stereocenters. The normalized spacial score (nSPS) is 22.7. The van der Waals surface area contributed by atoms with Gasteiger partial charge in [0.2, 0.25) is 5.91 Å². The molecule has 2 heterocycles. The lowest BCUT2D eigenvalue weighted by Crippen LogP contribution is -2.46. The predicted molar refractivity (Wildman–Crippen MR) is 108 cm³/mol. The summed E-state index contributed by atoms with van der Waals surface area (Å²) in [6, 6.07) is 7.59. The zero-order valence-corrected chi connectivity index (χ0v) is 17.4. The van der Waals surface area contributed by atoms with E-state index in [1.807, 2.05) is 32.0 Å². The van der Waals surface area contributed by atoms with Crippen molar-refractivity contribution in [3.63, 3.8) is 0 Å². The summed E-state index contributed by atoms with van der Waals surface area (Å²) in [5.74, 6) is -0.440. The molecule has 8 heteroatoms. The fraction of sp³-hybridized carbons (Fsp3) is 0.550. The van der Waals surface area contributed by atoms with Crippen LogP contribution in [-0.2, 0) is 25.8 Å². The number of nitrogens with zero attached hydrogens (tertiary/aromatic N) is 3. The van der Waals surface area contributed by atoms with E-state index in [4.69, 9.17) is 0 Å². The minimum Gasteiger partial charge on any atom is -0.338 e. The SMILES string of the molecule is Cc1ccccc1C[C@@H](C)N(C)C(=O)C1=NN([C@H]2CCS(=O)(=O)C2)C(=O)CC1. The summed E-state index contributed by atoms with van der Waals surface area (Å²) in [5, 5.41) is 5.52. The van der Waals surface area contributed by atoms with Gasteiger partial charge in [0.15, 0.2) is 9.84 Å². The van der Waals surface area contributed by atoms with Crippen LogP contribution in [0.5, 0.6) is 0 Å². The second-order valence-electron chi connectivity index (χ2n) is 7.74. The van der Waals surface area contributed by atoms with E-state index in [9.17, 15) is 18.0 Å². The molecule has 0 spiro atoms. The van der Waals surface area contributed by atoms with Crippen molar-refractivity contribution < 1.29 is 18.0 Å². The summed E-state index contributed by atoms with van der Waals surface area (Å²) >= 11 is 0. The standard InChI is InChI=1S/C20H27N3O4S/c1-14-6-4-5-7-16(14)12-15(2)22(3)20(25)18-8-9-19(24)23(21-18)17-10-11-28(26,27)13-17/h4-7,15,17H,8-13H2,1-3H3/t15-,17+/m1/s1. The fourth-order valence-electron chi connectivity index (χ4n) is 3.68. The van der Waals surface area contributed by atoms with Crippen LogP contribution >= 0.6 is 0 Å². The Balaban J connectivity index is 1.72. The van der Waals surface area contributed by atoms with Crippen molar-refractivity contribution >= 4 is 27.4 Å². The molecule has 152 valence electrons. The van der Waals surface area contributed by atoms with Gasteiger partial charge in [0, 0.05) is 25.9 Å². The molecular weight excluding hydrogens is 378 g/mol. The number of likely N-dealkylation sites (N-methyl/N-ethyl adjacent to an activating group) is 1. The van der Waals surface area contributed by atoms with Crippen LogP contribution in [0.15, 0.2) is 29.4 Å². The van der Waals surface area contributed by atoms with Crippen molar-refractivity contribution in [3.05, 3.63) is 35.4 Å². The second kappa shape index (κ2) is 8.03. The van der Waals surface area contributed by atoms with Crippen molar-refractivity contribution in [1.82, 2.24) is 9.91 Å². The van der Waals surface area contributed by atoms with Crippen molar-refractivity contribution in [2.75, 3.05) is 18.6 Å². The molecule has 28 heavy (non-hydrogen) atoms. The zero-order chi connectivity index (χ0) is 20.5. The van der Waals surface area contributed by atoms with Gasteiger partial charge in [-0.3, -0.25) is 9.59 Å². The molecule has 0 radical (unpaired) electrons. The first-order valence-corrected chi connectivity index (χ1v) is 11.4. The van der Waals surface area contributed by atoms with Crippen LogP contribution in [0, 0.1) is 6.92 Å². The van der Waals surface area contributed by atoms with Crippen LogP contribution in [-0.4, -0.2) is 66.5 Å².